The van der Waals surface area contributed by atoms with Gasteiger partial charge in [0, 0.05) is 21.7 Å². The molecule has 20 heavy (non-hydrogen) atoms. The predicted octanol–water partition coefficient (Wildman–Crippen LogP) is 4.58. The molecule has 0 aliphatic carbocycles. The highest BCUT2D eigenvalue weighted by molar-refractivity contribution is 9.10. The van der Waals surface area contributed by atoms with Gasteiger partial charge in [-0.05, 0) is 46.6 Å². The van der Waals surface area contributed by atoms with Crippen molar-refractivity contribution in [2.24, 2.45) is 0 Å². The van der Waals surface area contributed by atoms with Crippen LogP contribution in [0, 0.1) is 17.0 Å². The Morgan fingerprint density at radius 2 is 1.60 bits per heavy atom. The second-order valence-electron chi connectivity index (χ2n) is 4.42. The molecule has 4 nitrogen and oxygen atoms in total. The average Bonchev–Trinajstić information content (AvgIpc) is 2.63. The Labute approximate surface area is 134 Å². The summed E-state index contributed by atoms with van der Waals surface area (Å²) in [5, 5.41) is 11.0. The monoisotopic (exact) mass is 415 g/mol. The van der Waals surface area contributed by atoms with Crippen molar-refractivity contribution in [1.82, 2.24) is 0 Å². The lowest BCUT2D eigenvalue weighted by Gasteiger charge is -2.03. The summed E-state index contributed by atoms with van der Waals surface area (Å²) in [4.78, 5) is 11.7. The van der Waals surface area contributed by atoms with Gasteiger partial charge in [-0.25, -0.2) is 4.21 Å². The first kappa shape index (κ1) is 13.9. The third-order valence-corrected chi connectivity index (χ3v) is 6.16. The maximum atomic E-state index is 12.5. The summed E-state index contributed by atoms with van der Waals surface area (Å²) in [6, 6.07) is 6.82. The van der Waals surface area contributed by atoms with E-state index in [2.05, 4.69) is 31.9 Å². The van der Waals surface area contributed by atoms with Crippen molar-refractivity contribution in [3.05, 3.63) is 48.9 Å². The molecule has 7 heteroatoms. The molecule has 0 saturated heterocycles. The minimum absolute atomic E-state index is 0.0688. The summed E-state index contributed by atoms with van der Waals surface area (Å²) in [5.74, 6) is 0. The topological polar surface area (TPSA) is 60.2 Å². The predicted molar refractivity (Wildman–Crippen MR) is 83.3 cm³/mol. The van der Waals surface area contributed by atoms with Crippen LogP contribution in [0.25, 0.3) is 11.1 Å². The van der Waals surface area contributed by atoms with Crippen molar-refractivity contribution in [3.8, 4) is 11.1 Å². The molecule has 1 atom stereocenters. The van der Waals surface area contributed by atoms with Crippen LogP contribution in [0.2, 0.25) is 0 Å². The molecule has 3 rings (SSSR count). The van der Waals surface area contributed by atoms with Crippen LogP contribution < -0.4 is 0 Å². The molecule has 0 spiro atoms. The number of nitro benzene ring substituents is 1. The van der Waals surface area contributed by atoms with Gasteiger partial charge in [0.25, 0.3) is 5.69 Å². The van der Waals surface area contributed by atoms with Crippen LogP contribution in [-0.4, -0.2) is 9.13 Å². The van der Waals surface area contributed by atoms with Gasteiger partial charge in [0.15, 0.2) is 0 Å². The maximum Gasteiger partial charge on any atom is 0.284 e. The van der Waals surface area contributed by atoms with E-state index in [-0.39, 0.29) is 5.69 Å². The van der Waals surface area contributed by atoms with E-state index in [0.29, 0.717) is 14.3 Å². The molecule has 0 aromatic heterocycles. The molecule has 102 valence electrons. The van der Waals surface area contributed by atoms with Crippen LogP contribution in [-0.2, 0) is 10.8 Å². The fourth-order valence-corrected chi connectivity index (χ4v) is 4.49. The lowest BCUT2D eigenvalue weighted by Crippen LogP contribution is -1.93. The number of nitrogens with zero attached hydrogens (tertiary/aromatic N) is 1. The van der Waals surface area contributed by atoms with E-state index >= 15 is 0 Å². The maximum absolute atomic E-state index is 12.5. The van der Waals surface area contributed by atoms with Gasteiger partial charge in [0.2, 0.25) is 0 Å². The van der Waals surface area contributed by atoms with Gasteiger partial charge in [0.1, 0.15) is 0 Å². The van der Waals surface area contributed by atoms with Crippen LogP contribution in [0.3, 0.4) is 0 Å². The number of benzene rings is 2. The molecule has 1 aliphatic heterocycles. The highest BCUT2D eigenvalue weighted by atomic mass is 79.9. The van der Waals surface area contributed by atoms with Crippen molar-refractivity contribution in [3.63, 3.8) is 0 Å². The molecule has 0 amide bonds. The Kier molecular flexibility index (Phi) is 3.30. The molecule has 0 fully saturated rings. The van der Waals surface area contributed by atoms with Crippen molar-refractivity contribution >= 4 is 48.3 Å². The van der Waals surface area contributed by atoms with Gasteiger partial charge in [-0.1, -0.05) is 15.9 Å². The number of aryl methyl sites for hydroxylation is 1. The van der Waals surface area contributed by atoms with Crippen molar-refractivity contribution in [2.75, 3.05) is 0 Å². The first-order valence-electron chi connectivity index (χ1n) is 5.60. The molecule has 1 aliphatic rings. The Morgan fingerprint density at radius 3 is 2.20 bits per heavy atom. The Bertz CT molecular complexity index is 805. The van der Waals surface area contributed by atoms with Crippen LogP contribution in [0.4, 0.5) is 5.69 Å². The Balaban J connectivity index is 2.33. The normalized spacial score (nSPS) is 15.8. The van der Waals surface area contributed by atoms with E-state index in [4.69, 9.17) is 0 Å². The highest BCUT2D eigenvalue weighted by Gasteiger charge is 2.30. The number of hydrogen-bond donors (Lipinski definition) is 0. The first-order valence-corrected chi connectivity index (χ1v) is 8.34. The van der Waals surface area contributed by atoms with E-state index in [9.17, 15) is 14.3 Å². The number of rotatable bonds is 1. The van der Waals surface area contributed by atoms with Crippen molar-refractivity contribution in [2.45, 2.75) is 16.7 Å². The van der Waals surface area contributed by atoms with Crippen LogP contribution in [0.5, 0.6) is 0 Å². The summed E-state index contributed by atoms with van der Waals surface area (Å²) in [5.41, 5.74) is 2.54. The van der Waals surface area contributed by atoms with Gasteiger partial charge < -0.3 is 0 Å². The SMILES string of the molecule is Cc1cc2c(cc1Br)-c1cc(Br)c([N+](=O)[O-])cc1S2=O. The largest absolute Gasteiger partial charge is 0.284 e. The lowest BCUT2D eigenvalue weighted by atomic mass is 10.0. The quantitative estimate of drug-likeness (QED) is 0.431. The summed E-state index contributed by atoms with van der Waals surface area (Å²) < 4.78 is 13.8. The zero-order valence-electron chi connectivity index (χ0n) is 10.1. The fraction of sp³-hybridized carbons (Fsp3) is 0.0769. The molecule has 0 N–H and O–H groups in total. The molecule has 2 aromatic rings. The lowest BCUT2D eigenvalue weighted by molar-refractivity contribution is -0.385. The number of fused-ring (bicyclic) bond motifs is 3. The van der Waals surface area contributed by atoms with Crippen LogP contribution in [0.1, 0.15) is 5.56 Å². The van der Waals surface area contributed by atoms with E-state index in [1.54, 1.807) is 6.07 Å². The van der Waals surface area contributed by atoms with Gasteiger partial charge in [-0.3, -0.25) is 10.1 Å². The molecule has 1 unspecified atom stereocenters. The third-order valence-electron chi connectivity index (χ3n) is 3.20. The van der Waals surface area contributed by atoms with Crippen molar-refractivity contribution in [1.29, 1.82) is 0 Å². The molecule has 0 radical (unpaired) electrons. The zero-order chi connectivity index (χ0) is 14.6. The summed E-state index contributed by atoms with van der Waals surface area (Å²) >= 11 is 6.66. The van der Waals surface area contributed by atoms with Crippen LogP contribution >= 0.6 is 31.9 Å². The summed E-state index contributed by atoms with van der Waals surface area (Å²) in [7, 11) is -1.37. The summed E-state index contributed by atoms with van der Waals surface area (Å²) in [6.45, 7) is 1.92. The molecule has 0 saturated carbocycles. The molecule has 1 heterocycles. The Morgan fingerprint density at radius 1 is 1.05 bits per heavy atom. The van der Waals surface area contributed by atoms with Crippen molar-refractivity contribution < 1.29 is 9.13 Å². The second kappa shape index (κ2) is 4.75. The number of halogens is 2. The summed E-state index contributed by atoms with van der Waals surface area (Å²) in [6.07, 6.45) is 0. The van der Waals surface area contributed by atoms with E-state index in [0.717, 1.165) is 21.2 Å². The van der Waals surface area contributed by atoms with Crippen LogP contribution in [0.15, 0.2) is 43.0 Å². The smallest absolute Gasteiger partial charge is 0.258 e. The van der Waals surface area contributed by atoms with Gasteiger partial charge in [-0.15, -0.1) is 0 Å². The highest BCUT2D eigenvalue weighted by Crippen LogP contribution is 2.46. The number of hydrogen-bond acceptors (Lipinski definition) is 3. The third kappa shape index (κ3) is 1.96. The number of nitro groups is 1. The van der Waals surface area contributed by atoms with E-state index < -0.39 is 15.7 Å². The van der Waals surface area contributed by atoms with Gasteiger partial charge >= 0.3 is 0 Å². The average molecular weight is 417 g/mol. The van der Waals surface area contributed by atoms with E-state index in [1.807, 2.05) is 19.1 Å². The molecule has 0 bridgehead atoms. The molecular weight excluding hydrogens is 410 g/mol. The Hall–Kier alpha value is -1.05. The standard InChI is InChI=1S/C13H7Br2NO3S/c1-6-2-12-7(3-9(6)14)8-4-10(15)11(16(17)18)5-13(8)20(12)19/h2-5H,1H3. The van der Waals surface area contributed by atoms with Gasteiger partial charge in [-0.2, -0.15) is 0 Å². The minimum Gasteiger partial charge on any atom is -0.258 e. The first-order chi connectivity index (χ1) is 9.40. The fourth-order valence-electron chi connectivity index (χ4n) is 2.18. The zero-order valence-corrected chi connectivity index (χ0v) is 14.1. The van der Waals surface area contributed by atoms with E-state index in [1.165, 1.54) is 6.07 Å². The minimum atomic E-state index is -1.37. The molecular formula is C13H7Br2NO3S. The molecule has 2 aromatic carbocycles. The second-order valence-corrected chi connectivity index (χ2v) is 7.55. The van der Waals surface area contributed by atoms with Gasteiger partial charge in [0.05, 0.1) is 30.0 Å².